The number of aliphatic hydroxyl groups excluding tert-OH is 1. The lowest BCUT2D eigenvalue weighted by atomic mass is 9.88. The summed E-state index contributed by atoms with van der Waals surface area (Å²) in [6.45, 7) is 2.09. The van der Waals surface area contributed by atoms with Crippen LogP contribution in [0.5, 0.6) is 5.75 Å². The van der Waals surface area contributed by atoms with Crippen molar-refractivity contribution in [3.63, 3.8) is 0 Å². The Morgan fingerprint density at radius 2 is 1.76 bits per heavy atom. The van der Waals surface area contributed by atoms with E-state index in [0.717, 1.165) is 23.3 Å². The average molecular weight is 282 g/mol. The first-order chi connectivity index (χ1) is 10.3. The van der Waals surface area contributed by atoms with Crippen molar-refractivity contribution in [2.45, 2.75) is 25.4 Å². The molecule has 2 nitrogen and oxygen atoms in total. The van der Waals surface area contributed by atoms with E-state index in [1.54, 1.807) is 7.11 Å². The van der Waals surface area contributed by atoms with Gasteiger partial charge in [-0.15, -0.1) is 0 Å². The van der Waals surface area contributed by atoms with Gasteiger partial charge in [-0.05, 0) is 29.7 Å². The summed E-state index contributed by atoms with van der Waals surface area (Å²) in [7, 11) is 1.64. The lowest BCUT2D eigenvalue weighted by Gasteiger charge is -2.21. The molecule has 2 heteroatoms. The van der Waals surface area contributed by atoms with Crippen molar-refractivity contribution in [3.8, 4) is 5.75 Å². The molecule has 2 atom stereocenters. The molecule has 0 bridgehead atoms. The van der Waals surface area contributed by atoms with Crippen LogP contribution in [-0.4, -0.2) is 12.2 Å². The Bertz CT molecular complexity index is 575. The number of rotatable bonds is 6. The van der Waals surface area contributed by atoms with Crippen LogP contribution in [0.4, 0.5) is 0 Å². The molecule has 0 aliphatic carbocycles. The second-order valence-corrected chi connectivity index (χ2v) is 4.99. The minimum Gasteiger partial charge on any atom is -0.497 e. The van der Waals surface area contributed by atoms with Gasteiger partial charge in [-0.25, -0.2) is 0 Å². The van der Waals surface area contributed by atoms with E-state index in [0.29, 0.717) is 0 Å². The Kier molecular flexibility index (Phi) is 5.59. The third kappa shape index (κ3) is 3.96. The first kappa shape index (κ1) is 15.3. The predicted octanol–water partition coefficient (Wildman–Crippen LogP) is 4.48. The number of aliphatic hydroxyl groups is 1. The van der Waals surface area contributed by atoms with Gasteiger partial charge in [-0.2, -0.15) is 0 Å². The summed E-state index contributed by atoms with van der Waals surface area (Å²) in [5.41, 5.74) is 1.97. The van der Waals surface area contributed by atoms with Gasteiger partial charge in [0.15, 0.2) is 0 Å². The Balaban J connectivity index is 2.33. The second-order valence-electron chi connectivity index (χ2n) is 4.99. The highest BCUT2D eigenvalue weighted by molar-refractivity contribution is 5.34. The largest absolute Gasteiger partial charge is 0.497 e. The molecular weight excluding hydrogens is 260 g/mol. The molecule has 0 aliphatic heterocycles. The van der Waals surface area contributed by atoms with Crippen LogP contribution in [-0.2, 0) is 0 Å². The summed E-state index contributed by atoms with van der Waals surface area (Å²) in [4.78, 5) is 0. The molecule has 2 rings (SSSR count). The molecule has 0 heterocycles. The van der Waals surface area contributed by atoms with Gasteiger partial charge in [0.2, 0.25) is 0 Å². The molecule has 0 aliphatic rings. The van der Waals surface area contributed by atoms with Crippen molar-refractivity contribution in [2.75, 3.05) is 7.11 Å². The van der Waals surface area contributed by atoms with Crippen LogP contribution in [0.25, 0.3) is 0 Å². The van der Waals surface area contributed by atoms with Crippen LogP contribution in [0, 0.1) is 0 Å². The number of ether oxygens (including phenoxy) is 1. The Labute approximate surface area is 126 Å². The maximum Gasteiger partial charge on any atom is 0.119 e. The molecule has 0 radical (unpaired) electrons. The fraction of sp³-hybridized carbons (Fsp3) is 0.263. The van der Waals surface area contributed by atoms with Gasteiger partial charge >= 0.3 is 0 Å². The molecule has 110 valence electrons. The lowest BCUT2D eigenvalue weighted by Crippen LogP contribution is -2.09. The van der Waals surface area contributed by atoms with Crippen LogP contribution in [0.3, 0.4) is 0 Å². The summed E-state index contributed by atoms with van der Waals surface area (Å²) < 4.78 is 5.24. The molecule has 0 amide bonds. The van der Waals surface area contributed by atoms with Crippen LogP contribution in [0.1, 0.15) is 36.5 Å². The summed E-state index contributed by atoms with van der Waals surface area (Å²) in [5.74, 6) is 0.705. The molecule has 2 aromatic carbocycles. The number of benzene rings is 2. The summed E-state index contributed by atoms with van der Waals surface area (Å²) in [6, 6.07) is 17.7. The molecule has 0 fully saturated rings. The first-order valence-electron chi connectivity index (χ1n) is 7.30. The van der Waals surface area contributed by atoms with Crippen molar-refractivity contribution in [1.82, 2.24) is 0 Å². The molecule has 2 aromatic rings. The number of hydrogen-bond donors (Lipinski definition) is 1. The molecule has 0 aromatic heterocycles. The van der Waals surface area contributed by atoms with Gasteiger partial charge in [0.05, 0.1) is 13.2 Å². The zero-order chi connectivity index (χ0) is 15.1. The van der Waals surface area contributed by atoms with Gasteiger partial charge in [-0.1, -0.05) is 61.5 Å². The highest BCUT2D eigenvalue weighted by Gasteiger charge is 2.20. The van der Waals surface area contributed by atoms with Crippen molar-refractivity contribution in [1.29, 1.82) is 0 Å². The molecule has 1 N–H and O–H groups in total. The predicted molar refractivity (Wildman–Crippen MR) is 86.6 cm³/mol. The van der Waals surface area contributed by atoms with Crippen molar-refractivity contribution in [2.24, 2.45) is 0 Å². The van der Waals surface area contributed by atoms with E-state index < -0.39 is 6.10 Å². The molecule has 21 heavy (non-hydrogen) atoms. The van der Waals surface area contributed by atoms with Gasteiger partial charge in [0.25, 0.3) is 0 Å². The Morgan fingerprint density at radius 1 is 1.05 bits per heavy atom. The van der Waals surface area contributed by atoms with E-state index in [-0.39, 0.29) is 5.92 Å². The highest BCUT2D eigenvalue weighted by Crippen LogP contribution is 2.33. The number of hydrogen-bond acceptors (Lipinski definition) is 2. The van der Waals surface area contributed by atoms with Gasteiger partial charge in [-0.3, -0.25) is 0 Å². The van der Waals surface area contributed by atoms with Crippen LogP contribution in [0.15, 0.2) is 66.7 Å². The molecule has 0 saturated carbocycles. The van der Waals surface area contributed by atoms with Gasteiger partial charge < -0.3 is 9.84 Å². The smallest absolute Gasteiger partial charge is 0.119 e. The Hall–Kier alpha value is -2.06. The van der Waals surface area contributed by atoms with Gasteiger partial charge in [0.1, 0.15) is 5.75 Å². The SMILES string of the molecule is CC/C=C\[C@H](c1ccccc1)[C@H](O)c1cccc(OC)c1. The molecular formula is C19H22O2. The minimum atomic E-state index is -0.592. The highest BCUT2D eigenvalue weighted by atomic mass is 16.5. The molecule has 0 spiro atoms. The minimum absolute atomic E-state index is 0.0572. The fourth-order valence-electron chi connectivity index (χ4n) is 2.39. The van der Waals surface area contributed by atoms with E-state index in [4.69, 9.17) is 4.74 Å². The van der Waals surface area contributed by atoms with Crippen molar-refractivity contribution >= 4 is 0 Å². The number of allylic oxidation sites excluding steroid dienone is 1. The maximum absolute atomic E-state index is 10.8. The maximum atomic E-state index is 10.8. The number of methoxy groups -OCH3 is 1. The summed E-state index contributed by atoms with van der Waals surface area (Å²) in [6.07, 6.45) is 4.54. The van der Waals surface area contributed by atoms with Crippen LogP contribution < -0.4 is 4.74 Å². The van der Waals surface area contributed by atoms with E-state index in [1.807, 2.05) is 54.6 Å². The second kappa shape index (κ2) is 7.65. The van der Waals surface area contributed by atoms with E-state index >= 15 is 0 Å². The quantitative estimate of drug-likeness (QED) is 0.792. The zero-order valence-electron chi connectivity index (χ0n) is 12.6. The standard InChI is InChI=1S/C19H22O2/c1-3-4-13-18(15-9-6-5-7-10-15)19(20)16-11-8-12-17(14-16)21-2/h4-14,18-20H,3H2,1-2H3/b13-4-/t18-,19-/m1/s1. The molecule has 0 unspecified atom stereocenters. The average Bonchev–Trinajstić information content (AvgIpc) is 2.56. The third-order valence-corrected chi connectivity index (χ3v) is 3.54. The lowest BCUT2D eigenvalue weighted by molar-refractivity contribution is 0.161. The topological polar surface area (TPSA) is 29.5 Å². The first-order valence-corrected chi connectivity index (χ1v) is 7.30. The fourth-order valence-corrected chi connectivity index (χ4v) is 2.39. The summed E-state index contributed by atoms with van der Waals surface area (Å²) >= 11 is 0. The third-order valence-electron chi connectivity index (χ3n) is 3.54. The monoisotopic (exact) mass is 282 g/mol. The van der Waals surface area contributed by atoms with Crippen molar-refractivity contribution in [3.05, 3.63) is 77.9 Å². The molecule has 0 saturated heterocycles. The van der Waals surface area contributed by atoms with Crippen LogP contribution >= 0.6 is 0 Å². The Morgan fingerprint density at radius 3 is 2.43 bits per heavy atom. The van der Waals surface area contributed by atoms with E-state index in [2.05, 4.69) is 19.1 Å². The van der Waals surface area contributed by atoms with Crippen molar-refractivity contribution < 1.29 is 9.84 Å². The van der Waals surface area contributed by atoms with E-state index in [1.165, 1.54) is 0 Å². The normalized spacial score (nSPS) is 14.0. The zero-order valence-corrected chi connectivity index (χ0v) is 12.6. The van der Waals surface area contributed by atoms with E-state index in [9.17, 15) is 5.11 Å². The van der Waals surface area contributed by atoms with Gasteiger partial charge in [0, 0.05) is 5.92 Å². The van der Waals surface area contributed by atoms with Crippen LogP contribution in [0.2, 0.25) is 0 Å². The summed E-state index contributed by atoms with van der Waals surface area (Å²) in [5, 5.41) is 10.8.